The molecule has 0 aliphatic rings. The second-order valence-electron chi connectivity index (χ2n) is 5.20. The maximum Gasteiger partial charge on any atom is 0.325 e. The van der Waals surface area contributed by atoms with Crippen molar-refractivity contribution < 1.29 is 14.3 Å². The molecule has 1 rings (SSSR count). The number of nitrogens with zero attached hydrogens (tertiary/aromatic N) is 1. The van der Waals surface area contributed by atoms with Crippen LogP contribution in [-0.2, 0) is 14.3 Å². The molecule has 21 heavy (non-hydrogen) atoms. The molecule has 0 N–H and O–H groups in total. The molecule has 0 radical (unpaired) electrons. The Morgan fingerprint density at radius 3 is 2.29 bits per heavy atom. The molecule has 116 valence electrons. The third-order valence-corrected chi connectivity index (χ3v) is 3.88. The number of hydrogen-bond donors (Lipinski definition) is 0. The average molecular weight is 291 g/mol. The molecule has 0 heterocycles. The van der Waals surface area contributed by atoms with E-state index in [1.807, 2.05) is 37.3 Å². The summed E-state index contributed by atoms with van der Waals surface area (Å²) in [5, 5.41) is 0. The van der Waals surface area contributed by atoms with Gasteiger partial charge in [-0.2, -0.15) is 0 Å². The van der Waals surface area contributed by atoms with Crippen molar-refractivity contribution in [2.24, 2.45) is 5.92 Å². The van der Waals surface area contributed by atoms with Gasteiger partial charge in [0.2, 0.25) is 5.91 Å². The van der Waals surface area contributed by atoms with Crippen LogP contribution in [0.5, 0.6) is 0 Å². The fourth-order valence-corrected chi connectivity index (χ4v) is 2.37. The molecule has 4 heteroatoms. The molecule has 0 aliphatic carbocycles. The smallest absolute Gasteiger partial charge is 0.325 e. The van der Waals surface area contributed by atoms with Gasteiger partial charge in [0.1, 0.15) is 6.54 Å². The molecular weight excluding hydrogens is 266 g/mol. The van der Waals surface area contributed by atoms with E-state index in [-0.39, 0.29) is 30.3 Å². The highest BCUT2D eigenvalue weighted by Crippen LogP contribution is 2.29. The van der Waals surface area contributed by atoms with Crippen molar-refractivity contribution in [2.75, 3.05) is 20.2 Å². The van der Waals surface area contributed by atoms with Crippen molar-refractivity contribution in [3.63, 3.8) is 0 Å². The number of hydrogen-bond acceptors (Lipinski definition) is 3. The summed E-state index contributed by atoms with van der Waals surface area (Å²) in [4.78, 5) is 25.9. The molecule has 0 saturated heterocycles. The van der Waals surface area contributed by atoms with Crippen LogP contribution < -0.4 is 0 Å². The van der Waals surface area contributed by atoms with Gasteiger partial charge in [0, 0.05) is 6.54 Å². The second-order valence-corrected chi connectivity index (χ2v) is 5.20. The summed E-state index contributed by atoms with van der Waals surface area (Å²) >= 11 is 0. The molecule has 0 aliphatic heterocycles. The lowest BCUT2D eigenvalue weighted by molar-refractivity contribution is -0.147. The van der Waals surface area contributed by atoms with E-state index < -0.39 is 0 Å². The number of likely N-dealkylation sites (N-methyl/N-ethyl adjacent to an activating group) is 1. The van der Waals surface area contributed by atoms with E-state index in [2.05, 4.69) is 18.6 Å². The highest BCUT2D eigenvalue weighted by Gasteiger charge is 2.30. The number of rotatable bonds is 7. The van der Waals surface area contributed by atoms with E-state index in [1.54, 1.807) is 4.90 Å². The lowest BCUT2D eigenvalue weighted by atomic mass is 9.84. The van der Waals surface area contributed by atoms with E-state index in [0.717, 1.165) is 12.0 Å². The van der Waals surface area contributed by atoms with Crippen LogP contribution in [0.3, 0.4) is 0 Å². The van der Waals surface area contributed by atoms with Gasteiger partial charge in [-0.3, -0.25) is 9.59 Å². The molecule has 2 unspecified atom stereocenters. The van der Waals surface area contributed by atoms with Crippen molar-refractivity contribution >= 4 is 11.9 Å². The van der Waals surface area contributed by atoms with Gasteiger partial charge in [-0.1, -0.05) is 50.6 Å². The molecular formula is C17H25NO3. The Morgan fingerprint density at radius 2 is 1.81 bits per heavy atom. The van der Waals surface area contributed by atoms with Crippen molar-refractivity contribution in [3.05, 3.63) is 35.9 Å². The Hall–Kier alpha value is -1.84. The van der Waals surface area contributed by atoms with Gasteiger partial charge in [-0.25, -0.2) is 0 Å². The first-order valence-electron chi connectivity index (χ1n) is 7.45. The molecule has 1 aromatic carbocycles. The summed E-state index contributed by atoms with van der Waals surface area (Å²) in [6.45, 7) is 6.52. The van der Waals surface area contributed by atoms with Crippen LogP contribution in [0.1, 0.15) is 38.7 Å². The Balaban J connectivity index is 3.02. The molecule has 0 bridgehead atoms. The zero-order chi connectivity index (χ0) is 15.8. The number of esters is 1. The fourth-order valence-electron chi connectivity index (χ4n) is 2.37. The van der Waals surface area contributed by atoms with Crippen molar-refractivity contribution in [1.82, 2.24) is 4.90 Å². The number of carbonyl (C=O) groups is 2. The summed E-state index contributed by atoms with van der Waals surface area (Å²) in [7, 11) is 1.34. The van der Waals surface area contributed by atoms with Crippen LogP contribution in [0.4, 0.5) is 0 Å². The highest BCUT2D eigenvalue weighted by molar-refractivity contribution is 5.87. The van der Waals surface area contributed by atoms with Crippen molar-refractivity contribution in [1.29, 1.82) is 0 Å². The van der Waals surface area contributed by atoms with Crippen LogP contribution in [0, 0.1) is 5.92 Å². The quantitative estimate of drug-likeness (QED) is 0.726. The monoisotopic (exact) mass is 291 g/mol. The standard InChI is InChI=1S/C17H25NO3/c1-5-13(3)16(14-10-8-7-9-11-14)17(20)18(6-2)12-15(19)21-4/h7-11,13,16H,5-6,12H2,1-4H3. The molecule has 0 aromatic heterocycles. The molecule has 0 spiro atoms. The predicted molar refractivity (Wildman–Crippen MR) is 82.9 cm³/mol. The number of ether oxygens (including phenoxy) is 1. The lowest BCUT2D eigenvalue weighted by Crippen LogP contribution is -2.40. The first-order chi connectivity index (χ1) is 10.0. The topological polar surface area (TPSA) is 46.6 Å². The minimum absolute atomic E-state index is 0.00556. The van der Waals surface area contributed by atoms with E-state index in [0.29, 0.717) is 6.54 Å². The highest BCUT2D eigenvalue weighted by atomic mass is 16.5. The van der Waals surface area contributed by atoms with Gasteiger partial charge in [0.05, 0.1) is 13.0 Å². The minimum Gasteiger partial charge on any atom is -0.468 e. The zero-order valence-corrected chi connectivity index (χ0v) is 13.3. The molecule has 0 fully saturated rings. The largest absolute Gasteiger partial charge is 0.468 e. The molecule has 1 amide bonds. The molecule has 0 saturated carbocycles. The van der Waals surface area contributed by atoms with E-state index in [4.69, 9.17) is 0 Å². The maximum absolute atomic E-state index is 12.8. The summed E-state index contributed by atoms with van der Waals surface area (Å²) < 4.78 is 4.67. The minimum atomic E-state index is -0.388. The average Bonchev–Trinajstić information content (AvgIpc) is 2.53. The molecule has 2 atom stereocenters. The zero-order valence-electron chi connectivity index (χ0n) is 13.3. The normalized spacial score (nSPS) is 13.3. The molecule has 4 nitrogen and oxygen atoms in total. The van der Waals surface area contributed by atoms with Crippen LogP contribution in [0.15, 0.2) is 30.3 Å². The van der Waals surface area contributed by atoms with Gasteiger partial charge in [0.25, 0.3) is 0 Å². The van der Waals surface area contributed by atoms with Crippen LogP contribution in [0.25, 0.3) is 0 Å². The maximum atomic E-state index is 12.8. The summed E-state index contributed by atoms with van der Waals surface area (Å²) in [5.41, 5.74) is 1.00. The number of amides is 1. The predicted octanol–water partition coefficient (Wildman–Crippen LogP) is 2.84. The Kier molecular flexibility index (Phi) is 6.92. The van der Waals surface area contributed by atoms with Crippen molar-refractivity contribution in [2.45, 2.75) is 33.1 Å². The van der Waals surface area contributed by atoms with Crippen LogP contribution in [0.2, 0.25) is 0 Å². The van der Waals surface area contributed by atoms with Gasteiger partial charge in [-0.05, 0) is 18.4 Å². The first-order valence-corrected chi connectivity index (χ1v) is 7.45. The van der Waals surface area contributed by atoms with Gasteiger partial charge >= 0.3 is 5.97 Å². The van der Waals surface area contributed by atoms with Crippen LogP contribution >= 0.6 is 0 Å². The fraction of sp³-hybridized carbons (Fsp3) is 0.529. The van der Waals surface area contributed by atoms with Gasteiger partial charge < -0.3 is 9.64 Å². The van der Waals surface area contributed by atoms with E-state index >= 15 is 0 Å². The van der Waals surface area contributed by atoms with Crippen LogP contribution in [-0.4, -0.2) is 37.0 Å². The third-order valence-electron chi connectivity index (χ3n) is 3.88. The number of carbonyl (C=O) groups excluding carboxylic acids is 2. The second kappa shape index (κ2) is 8.45. The Labute approximate surface area is 127 Å². The number of methoxy groups -OCH3 is 1. The Bertz CT molecular complexity index is 458. The SMILES string of the molecule is CCC(C)C(C(=O)N(CC)CC(=O)OC)c1ccccc1. The Morgan fingerprint density at radius 1 is 1.19 bits per heavy atom. The van der Waals surface area contributed by atoms with E-state index in [1.165, 1.54) is 7.11 Å². The van der Waals surface area contributed by atoms with Gasteiger partial charge in [0.15, 0.2) is 0 Å². The van der Waals surface area contributed by atoms with Gasteiger partial charge in [-0.15, -0.1) is 0 Å². The first kappa shape index (κ1) is 17.2. The summed E-state index contributed by atoms with van der Waals surface area (Å²) in [5.74, 6) is -0.406. The van der Waals surface area contributed by atoms with Crippen molar-refractivity contribution in [3.8, 4) is 0 Å². The molecule has 1 aromatic rings. The number of benzene rings is 1. The van der Waals surface area contributed by atoms with E-state index in [9.17, 15) is 9.59 Å². The third kappa shape index (κ3) is 4.59. The summed E-state index contributed by atoms with van der Waals surface area (Å²) in [6, 6.07) is 9.76. The lowest BCUT2D eigenvalue weighted by Gasteiger charge is -2.29. The summed E-state index contributed by atoms with van der Waals surface area (Å²) in [6.07, 6.45) is 0.904.